The number of aromatic amines is 1. The molecule has 0 bridgehead atoms. The zero-order valence-corrected chi connectivity index (χ0v) is 11.5. The van der Waals surface area contributed by atoms with E-state index in [1.807, 2.05) is 25.3 Å². The van der Waals surface area contributed by atoms with Crippen molar-refractivity contribution in [1.82, 2.24) is 15.3 Å². The molecule has 0 aliphatic rings. The van der Waals surface area contributed by atoms with Crippen molar-refractivity contribution < 1.29 is 5.11 Å². The monoisotopic (exact) mass is 259 g/mol. The summed E-state index contributed by atoms with van der Waals surface area (Å²) in [6, 6.07) is 5.85. The molecule has 1 heterocycles. The third kappa shape index (κ3) is 3.83. The van der Waals surface area contributed by atoms with Crippen LogP contribution in [-0.2, 0) is 6.42 Å². The van der Waals surface area contributed by atoms with E-state index in [1.165, 1.54) is 0 Å². The molecule has 19 heavy (non-hydrogen) atoms. The first-order valence-corrected chi connectivity index (χ1v) is 6.68. The van der Waals surface area contributed by atoms with Gasteiger partial charge in [0.05, 0.1) is 0 Å². The molecule has 102 valence electrons. The Morgan fingerprint density at radius 2 is 2.26 bits per heavy atom. The molecule has 0 amide bonds. The number of nitrogens with one attached hydrogen (secondary N) is 2. The highest BCUT2D eigenvalue weighted by Gasteiger charge is 2.09. The van der Waals surface area contributed by atoms with Gasteiger partial charge in [0.15, 0.2) is 0 Å². The third-order valence-electron chi connectivity index (χ3n) is 3.25. The van der Waals surface area contributed by atoms with Crippen LogP contribution in [0.5, 0.6) is 5.75 Å². The fraction of sp³-hybridized carbons (Fsp3) is 0.400. The molecule has 0 fully saturated rings. The maximum Gasteiger partial charge on any atom is 0.120 e. The quantitative estimate of drug-likeness (QED) is 0.699. The number of phenols is 1. The van der Waals surface area contributed by atoms with Crippen LogP contribution in [0.3, 0.4) is 0 Å². The lowest BCUT2D eigenvalue weighted by Crippen LogP contribution is -2.20. The van der Waals surface area contributed by atoms with Crippen LogP contribution in [0.15, 0.2) is 30.6 Å². The molecule has 2 rings (SSSR count). The van der Waals surface area contributed by atoms with Crippen LogP contribution in [0.2, 0.25) is 0 Å². The van der Waals surface area contributed by atoms with Gasteiger partial charge in [-0.05, 0) is 32.9 Å². The molecule has 1 atom stereocenters. The average molecular weight is 259 g/mol. The van der Waals surface area contributed by atoms with Gasteiger partial charge in [-0.15, -0.1) is 0 Å². The summed E-state index contributed by atoms with van der Waals surface area (Å²) in [7, 11) is 0. The first-order valence-electron chi connectivity index (χ1n) is 6.68. The molecule has 0 saturated carbocycles. The topological polar surface area (TPSA) is 60.9 Å². The number of hydrogen-bond donors (Lipinski definition) is 3. The third-order valence-corrected chi connectivity index (χ3v) is 3.25. The number of aromatic nitrogens is 2. The fourth-order valence-electron chi connectivity index (χ4n) is 2.14. The summed E-state index contributed by atoms with van der Waals surface area (Å²) in [5.41, 5.74) is 2.12. The second kappa shape index (κ2) is 6.38. The number of rotatable bonds is 6. The molecule has 4 nitrogen and oxygen atoms in total. The van der Waals surface area contributed by atoms with E-state index in [0.717, 1.165) is 36.3 Å². The predicted molar refractivity (Wildman–Crippen MR) is 76.2 cm³/mol. The summed E-state index contributed by atoms with van der Waals surface area (Å²) in [4.78, 5) is 7.29. The molecule has 0 aliphatic carbocycles. The second-order valence-electron chi connectivity index (χ2n) is 4.88. The lowest BCUT2D eigenvalue weighted by atomic mass is 10.0. The molecule has 1 aromatic heterocycles. The summed E-state index contributed by atoms with van der Waals surface area (Å²) < 4.78 is 0. The van der Waals surface area contributed by atoms with Gasteiger partial charge in [-0.25, -0.2) is 4.98 Å². The normalized spacial score (nSPS) is 12.5. The SMILES string of the molecule is Cc1ccc(O)c(C(C)NCCCc2ncc[nH]2)c1. The van der Waals surface area contributed by atoms with Gasteiger partial charge in [-0.2, -0.15) is 0 Å². The summed E-state index contributed by atoms with van der Waals surface area (Å²) in [6.45, 7) is 5.00. The van der Waals surface area contributed by atoms with Crippen LogP contribution in [0.4, 0.5) is 0 Å². The number of phenolic OH excluding ortho intramolecular Hbond substituents is 1. The molecule has 0 spiro atoms. The van der Waals surface area contributed by atoms with Crippen molar-refractivity contribution in [1.29, 1.82) is 0 Å². The Hall–Kier alpha value is -1.81. The van der Waals surface area contributed by atoms with Gasteiger partial charge in [0.2, 0.25) is 0 Å². The number of nitrogens with zero attached hydrogens (tertiary/aromatic N) is 1. The molecule has 3 N–H and O–H groups in total. The summed E-state index contributed by atoms with van der Waals surface area (Å²) >= 11 is 0. The van der Waals surface area contributed by atoms with Gasteiger partial charge < -0.3 is 15.4 Å². The van der Waals surface area contributed by atoms with Gasteiger partial charge in [0, 0.05) is 30.4 Å². The number of imidazole rings is 1. The van der Waals surface area contributed by atoms with Gasteiger partial charge >= 0.3 is 0 Å². The number of H-pyrrole nitrogens is 1. The maximum absolute atomic E-state index is 9.86. The van der Waals surface area contributed by atoms with E-state index in [2.05, 4.69) is 22.2 Å². The Balaban J connectivity index is 1.80. The summed E-state index contributed by atoms with van der Waals surface area (Å²) in [5.74, 6) is 1.38. The molecular formula is C15H21N3O. The highest BCUT2D eigenvalue weighted by Crippen LogP contribution is 2.24. The Morgan fingerprint density at radius 1 is 1.42 bits per heavy atom. The Morgan fingerprint density at radius 3 is 3.00 bits per heavy atom. The van der Waals surface area contributed by atoms with Crippen molar-refractivity contribution in [2.45, 2.75) is 32.7 Å². The molecule has 1 aromatic carbocycles. The zero-order valence-electron chi connectivity index (χ0n) is 11.5. The maximum atomic E-state index is 9.86. The Labute approximate surface area is 113 Å². The van der Waals surface area contributed by atoms with Gasteiger partial charge in [-0.1, -0.05) is 17.7 Å². The summed E-state index contributed by atoms with van der Waals surface area (Å²) in [5, 5.41) is 13.3. The van der Waals surface area contributed by atoms with E-state index in [-0.39, 0.29) is 6.04 Å². The minimum atomic E-state index is 0.150. The molecule has 2 aromatic rings. The van der Waals surface area contributed by atoms with Crippen molar-refractivity contribution in [3.63, 3.8) is 0 Å². The minimum absolute atomic E-state index is 0.150. The van der Waals surface area contributed by atoms with E-state index >= 15 is 0 Å². The predicted octanol–water partition coefficient (Wildman–Crippen LogP) is 2.71. The first kappa shape index (κ1) is 13.6. The van der Waals surface area contributed by atoms with Crippen molar-refractivity contribution in [2.24, 2.45) is 0 Å². The van der Waals surface area contributed by atoms with Crippen molar-refractivity contribution in [3.05, 3.63) is 47.5 Å². The smallest absolute Gasteiger partial charge is 0.120 e. The Bertz CT molecular complexity index is 508. The highest BCUT2D eigenvalue weighted by molar-refractivity contribution is 5.37. The van der Waals surface area contributed by atoms with Crippen LogP contribution in [0.1, 0.15) is 36.3 Å². The number of benzene rings is 1. The lowest BCUT2D eigenvalue weighted by Gasteiger charge is -2.16. The molecule has 0 aliphatic heterocycles. The van der Waals surface area contributed by atoms with Crippen LogP contribution in [-0.4, -0.2) is 21.6 Å². The fourth-order valence-corrected chi connectivity index (χ4v) is 2.14. The van der Waals surface area contributed by atoms with Crippen LogP contribution >= 0.6 is 0 Å². The van der Waals surface area contributed by atoms with Gasteiger partial charge in [0.1, 0.15) is 11.6 Å². The summed E-state index contributed by atoms with van der Waals surface area (Å²) in [6.07, 6.45) is 5.57. The molecular weight excluding hydrogens is 238 g/mol. The molecule has 1 unspecified atom stereocenters. The van der Waals surface area contributed by atoms with Crippen molar-refractivity contribution in [3.8, 4) is 5.75 Å². The van der Waals surface area contributed by atoms with E-state index in [0.29, 0.717) is 5.75 Å². The molecule has 0 saturated heterocycles. The van der Waals surface area contributed by atoms with E-state index in [1.54, 1.807) is 12.3 Å². The van der Waals surface area contributed by atoms with Crippen molar-refractivity contribution in [2.75, 3.05) is 6.54 Å². The minimum Gasteiger partial charge on any atom is -0.508 e. The van der Waals surface area contributed by atoms with Crippen LogP contribution in [0.25, 0.3) is 0 Å². The molecule has 0 radical (unpaired) electrons. The number of aryl methyl sites for hydroxylation is 2. The Kier molecular flexibility index (Phi) is 4.58. The van der Waals surface area contributed by atoms with E-state index in [9.17, 15) is 5.11 Å². The first-order chi connectivity index (χ1) is 9.16. The standard InChI is InChI=1S/C15H21N3O/c1-11-5-6-14(19)13(10-11)12(2)16-7-3-4-15-17-8-9-18-15/h5-6,8-10,12,16,19H,3-4,7H2,1-2H3,(H,17,18). The zero-order chi connectivity index (χ0) is 13.7. The molecule has 4 heteroatoms. The number of aromatic hydroxyl groups is 1. The van der Waals surface area contributed by atoms with E-state index in [4.69, 9.17) is 0 Å². The van der Waals surface area contributed by atoms with Crippen LogP contribution in [0, 0.1) is 6.92 Å². The second-order valence-corrected chi connectivity index (χ2v) is 4.88. The number of hydrogen-bond acceptors (Lipinski definition) is 3. The van der Waals surface area contributed by atoms with E-state index < -0.39 is 0 Å². The van der Waals surface area contributed by atoms with Gasteiger partial charge in [-0.3, -0.25) is 0 Å². The average Bonchev–Trinajstić information content (AvgIpc) is 2.90. The largest absolute Gasteiger partial charge is 0.508 e. The highest BCUT2D eigenvalue weighted by atomic mass is 16.3. The van der Waals surface area contributed by atoms with Crippen LogP contribution < -0.4 is 5.32 Å². The van der Waals surface area contributed by atoms with Gasteiger partial charge in [0.25, 0.3) is 0 Å². The van der Waals surface area contributed by atoms with Crippen molar-refractivity contribution >= 4 is 0 Å². The lowest BCUT2D eigenvalue weighted by molar-refractivity contribution is 0.451.